The molecular weight excluding hydrogens is 744 g/mol. The Morgan fingerprint density at radius 2 is 1.07 bits per heavy atom. The lowest BCUT2D eigenvalue weighted by molar-refractivity contribution is 0.332. The van der Waals surface area contributed by atoms with Crippen LogP contribution in [0.25, 0.3) is 10.1 Å². The highest BCUT2D eigenvalue weighted by Gasteiger charge is 2.48. The van der Waals surface area contributed by atoms with Crippen molar-refractivity contribution in [1.82, 2.24) is 0 Å². The second-order valence-corrected chi connectivity index (χ2v) is 24.1. The quantitative estimate of drug-likeness (QED) is 0.161. The predicted octanol–water partition coefficient (Wildman–Crippen LogP) is 14.2. The van der Waals surface area contributed by atoms with Crippen LogP contribution in [0.5, 0.6) is 0 Å². The molecule has 60 heavy (non-hydrogen) atoms. The van der Waals surface area contributed by atoms with Gasteiger partial charge in [-0.1, -0.05) is 112 Å². The molecule has 0 radical (unpaired) electrons. The van der Waals surface area contributed by atoms with Gasteiger partial charge in [-0.15, -0.1) is 11.3 Å². The van der Waals surface area contributed by atoms with E-state index in [9.17, 15) is 0 Å². The number of hydrogen-bond donors (Lipinski definition) is 0. The summed E-state index contributed by atoms with van der Waals surface area (Å²) in [6.07, 6.45) is 4.80. The lowest BCUT2D eigenvalue weighted by Gasteiger charge is -2.47. The number of hydrogen-bond acceptors (Lipinski definition) is 3. The first kappa shape index (κ1) is 39.8. The molecule has 308 valence electrons. The van der Waals surface area contributed by atoms with E-state index in [0.717, 1.165) is 0 Å². The van der Waals surface area contributed by atoms with Crippen LogP contribution in [0, 0.1) is 27.7 Å². The van der Waals surface area contributed by atoms with Gasteiger partial charge >= 0.3 is 0 Å². The number of nitrogens with zero attached hydrogens (tertiary/aromatic N) is 2. The van der Waals surface area contributed by atoms with Crippen molar-refractivity contribution < 1.29 is 0 Å². The van der Waals surface area contributed by atoms with E-state index in [0.29, 0.717) is 0 Å². The molecule has 0 fully saturated rings. The highest BCUT2D eigenvalue weighted by Crippen LogP contribution is 2.54. The molecule has 0 bridgehead atoms. The van der Waals surface area contributed by atoms with Crippen molar-refractivity contribution >= 4 is 78.0 Å². The van der Waals surface area contributed by atoms with Crippen LogP contribution in [-0.2, 0) is 27.1 Å². The normalized spacial score (nSPS) is 19.1. The Balaban J connectivity index is 1.36. The number of thiophene rings is 1. The molecule has 6 aromatic rings. The van der Waals surface area contributed by atoms with E-state index in [2.05, 4.69) is 186 Å². The Kier molecular flexibility index (Phi) is 8.40. The van der Waals surface area contributed by atoms with Crippen LogP contribution in [0.3, 0.4) is 0 Å². The minimum atomic E-state index is 0.0356. The molecule has 3 heterocycles. The zero-order valence-electron chi connectivity index (χ0n) is 39.1. The van der Waals surface area contributed by atoms with Crippen molar-refractivity contribution in [2.45, 2.75) is 157 Å². The lowest BCUT2D eigenvalue weighted by Crippen LogP contribution is -2.61. The molecule has 4 aliphatic rings. The van der Waals surface area contributed by atoms with Crippen LogP contribution in [0.15, 0.2) is 72.8 Å². The summed E-state index contributed by atoms with van der Waals surface area (Å²) in [4.78, 5) is 5.41. The minimum absolute atomic E-state index is 0.0356. The first-order chi connectivity index (χ1) is 28.0. The summed E-state index contributed by atoms with van der Waals surface area (Å²) in [6.45, 7) is 36.2. The summed E-state index contributed by atoms with van der Waals surface area (Å²) >= 11 is 2.03. The largest absolute Gasteiger partial charge is 0.311 e. The molecule has 10 rings (SSSR count). The average molecular weight is 809 g/mol. The lowest BCUT2D eigenvalue weighted by atomic mass is 9.35. The Morgan fingerprint density at radius 1 is 0.533 bits per heavy atom. The molecule has 0 unspecified atom stereocenters. The summed E-state index contributed by atoms with van der Waals surface area (Å²) in [7, 11) is 0. The fourth-order valence-electron chi connectivity index (χ4n) is 11.9. The first-order valence-electron chi connectivity index (χ1n) is 22.7. The number of anilines is 6. The van der Waals surface area contributed by atoms with Gasteiger partial charge in [0.2, 0.25) is 0 Å². The smallest absolute Gasteiger partial charge is 0.264 e. The van der Waals surface area contributed by atoms with Gasteiger partial charge < -0.3 is 9.80 Å². The summed E-state index contributed by atoms with van der Waals surface area (Å²) in [5.74, 6) is 0. The second-order valence-electron chi connectivity index (χ2n) is 23.1. The molecule has 0 spiro atoms. The molecule has 1 aromatic heterocycles. The van der Waals surface area contributed by atoms with Gasteiger partial charge in [-0.2, -0.15) is 0 Å². The molecule has 4 heteroatoms. The molecule has 0 saturated carbocycles. The SMILES string of the molecule is Cc1cc(C)c(N2c3cc(C)cc4c3B(c3cc5c(cc3N4c3ccc4c(c3)C(C)(C)CCC4(C)C)C(C)(C)CCC5(C)C)c3sc4ccc(C(C)(C)C)cc4c32)c(C)c1. The summed E-state index contributed by atoms with van der Waals surface area (Å²) in [6, 6.07) is 30.1. The van der Waals surface area contributed by atoms with Gasteiger partial charge in [-0.05, 0) is 178 Å². The second kappa shape index (κ2) is 12.7. The summed E-state index contributed by atoms with van der Waals surface area (Å²) in [5.41, 5.74) is 24.1. The van der Waals surface area contributed by atoms with Gasteiger partial charge in [-0.3, -0.25) is 0 Å². The number of fused-ring (bicyclic) bond motifs is 8. The Bertz CT molecular complexity index is 2800. The van der Waals surface area contributed by atoms with E-state index in [1.807, 2.05) is 11.3 Å². The predicted molar refractivity (Wildman–Crippen MR) is 264 cm³/mol. The van der Waals surface area contributed by atoms with Crippen LogP contribution < -0.4 is 25.5 Å². The third-order valence-electron chi connectivity index (χ3n) is 15.6. The summed E-state index contributed by atoms with van der Waals surface area (Å²) in [5, 5.41) is 1.37. The molecule has 0 amide bonds. The summed E-state index contributed by atoms with van der Waals surface area (Å²) < 4.78 is 2.84. The average Bonchev–Trinajstić information content (AvgIpc) is 3.53. The zero-order valence-corrected chi connectivity index (χ0v) is 40.0. The molecule has 2 aliphatic heterocycles. The van der Waals surface area contributed by atoms with Crippen molar-refractivity contribution in [3.63, 3.8) is 0 Å². The number of rotatable bonds is 2. The van der Waals surface area contributed by atoms with Crippen LogP contribution in [-0.4, -0.2) is 6.71 Å². The number of benzene rings is 5. The maximum atomic E-state index is 2.71. The monoisotopic (exact) mass is 808 g/mol. The van der Waals surface area contributed by atoms with Crippen molar-refractivity contribution in [3.8, 4) is 0 Å². The van der Waals surface area contributed by atoms with E-state index in [4.69, 9.17) is 0 Å². The van der Waals surface area contributed by atoms with Crippen molar-refractivity contribution in [3.05, 3.63) is 123 Å². The van der Waals surface area contributed by atoms with E-state index in [1.54, 1.807) is 0 Å². The Hall–Kier alpha value is -4.28. The van der Waals surface area contributed by atoms with Gasteiger partial charge in [0, 0.05) is 37.6 Å². The zero-order chi connectivity index (χ0) is 42.8. The van der Waals surface area contributed by atoms with Gasteiger partial charge in [0.25, 0.3) is 6.71 Å². The van der Waals surface area contributed by atoms with Crippen LogP contribution in [0.1, 0.15) is 152 Å². The standard InChI is InChI=1S/C56H65BN2S/c1-32-24-34(3)49(35(4)25-32)59-46-27-33(2)26-45-48(46)57(51-50(59)38-28-36(52(5,6)7)16-19-47(38)60-51)43-30-41-42(56(14,15)23-22-55(41,12)13)31-44(43)58(45)37-17-18-39-40(29-37)54(10,11)21-20-53(39,8)9/h16-19,24-31H,20-23H2,1-15H3. The Morgan fingerprint density at radius 3 is 1.67 bits per heavy atom. The molecule has 0 atom stereocenters. The third-order valence-corrected chi connectivity index (χ3v) is 16.8. The third kappa shape index (κ3) is 5.71. The molecule has 2 aliphatic carbocycles. The van der Waals surface area contributed by atoms with Gasteiger partial charge in [0.1, 0.15) is 0 Å². The van der Waals surface area contributed by atoms with Gasteiger partial charge in [0.15, 0.2) is 0 Å². The Labute approximate surface area is 365 Å². The molecule has 0 N–H and O–H groups in total. The first-order valence-corrected chi connectivity index (χ1v) is 23.5. The van der Waals surface area contributed by atoms with E-state index < -0.39 is 0 Å². The number of aryl methyl sites for hydroxylation is 4. The molecule has 0 saturated heterocycles. The van der Waals surface area contributed by atoms with Crippen LogP contribution >= 0.6 is 11.3 Å². The molecule has 5 aromatic carbocycles. The molecule has 2 nitrogen and oxygen atoms in total. The fourth-order valence-corrected chi connectivity index (χ4v) is 13.2. The highest BCUT2D eigenvalue weighted by molar-refractivity contribution is 7.33. The van der Waals surface area contributed by atoms with Crippen molar-refractivity contribution in [2.24, 2.45) is 0 Å². The van der Waals surface area contributed by atoms with Crippen LogP contribution in [0.2, 0.25) is 0 Å². The fraction of sp³-hybridized carbons (Fsp3) is 0.429. The van der Waals surface area contributed by atoms with Crippen molar-refractivity contribution in [2.75, 3.05) is 9.80 Å². The van der Waals surface area contributed by atoms with Crippen molar-refractivity contribution in [1.29, 1.82) is 0 Å². The minimum Gasteiger partial charge on any atom is -0.311 e. The topological polar surface area (TPSA) is 6.48 Å². The van der Waals surface area contributed by atoms with E-state index in [-0.39, 0.29) is 33.8 Å². The maximum absolute atomic E-state index is 2.71. The molecular formula is C56H65BN2S. The van der Waals surface area contributed by atoms with Gasteiger partial charge in [0.05, 0.1) is 11.4 Å². The van der Waals surface area contributed by atoms with Gasteiger partial charge in [-0.25, -0.2) is 0 Å². The van der Waals surface area contributed by atoms with E-state index in [1.165, 1.54) is 136 Å². The van der Waals surface area contributed by atoms with E-state index >= 15 is 0 Å². The maximum Gasteiger partial charge on any atom is 0.264 e. The van der Waals surface area contributed by atoms with Crippen LogP contribution in [0.4, 0.5) is 34.1 Å². The highest BCUT2D eigenvalue weighted by atomic mass is 32.1.